The summed E-state index contributed by atoms with van der Waals surface area (Å²) >= 11 is 3.00. The molecule has 1 unspecified atom stereocenters. The molecule has 0 radical (unpaired) electrons. The van der Waals surface area contributed by atoms with Gasteiger partial charge in [0.15, 0.2) is 0 Å². The van der Waals surface area contributed by atoms with Crippen molar-refractivity contribution in [3.05, 3.63) is 18.2 Å². The average molecular weight is 352 g/mol. The highest BCUT2D eigenvalue weighted by atomic mass is 79.9. The summed E-state index contributed by atoms with van der Waals surface area (Å²) in [6.07, 6.45) is 0. The number of rotatable bonds is 5. The number of carbonyl (C=O) groups excluding carboxylic acids is 1. The molecule has 0 aliphatic heterocycles. The van der Waals surface area contributed by atoms with Crippen LogP contribution in [0, 0.1) is 0 Å². The number of benzene rings is 1. The van der Waals surface area contributed by atoms with E-state index in [1.54, 1.807) is 6.07 Å². The van der Waals surface area contributed by atoms with E-state index in [1.807, 2.05) is 4.72 Å². The Labute approximate surface area is 120 Å². The van der Waals surface area contributed by atoms with Gasteiger partial charge in [0.1, 0.15) is 16.4 Å². The number of amides is 1. The van der Waals surface area contributed by atoms with Crippen molar-refractivity contribution in [3.8, 4) is 11.5 Å². The predicted octanol–water partition coefficient (Wildman–Crippen LogP) is 1.29. The molecule has 1 amide bonds. The van der Waals surface area contributed by atoms with Crippen molar-refractivity contribution >= 4 is 31.9 Å². The summed E-state index contributed by atoms with van der Waals surface area (Å²) in [5.74, 6) is -0.186. The van der Waals surface area contributed by atoms with E-state index in [0.29, 0.717) is 5.75 Å². The molecule has 0 aliphatic carbocycles. The van der Waals surface area contributed by atoms with Crippen molar-refractivity contribution in [2.75, 3.05) is 14.2 Å². The van der Waals surface area contributed by atoms with Gasteiger partial charge in [-0.25, -0.2) is 13.1 Å². The fourth-order valence-electron chi connectivity index (χ4n) is 1.26. The van der Waals surface area contributed by atoms with E-state index < -0.39 is 20.8 Å². The highest BCUT2D eigenvalue weighted by Gasteiger charge is 2.24. The van der Waals surface area contributed by atoms with Gasteiger partial charge in [-0.1, -0.05) is 15.9 Å². The molecule has 0 aromatic heterocycles. The number of methoxy groups -OCH3 is 2. The zero-order valence-electron chi connectivity index (χ0n) is 10.6. The predicted molar refractivity (Wildman–Crippen MR) is 73.3 cm³/mol. The summed E-state index contributed by atoms with van der Waals surface area (Å²) < 4.78 is 36.1. The lowest BCUT2D eigenvalue weighted by Crippen LogP contribution is -2.35. The number of nitrogens with one attached hydrogen (secondary N) is 1. The maximum absolute atomic E-state index is 12.1. The Morgan fingerprint density at radius 2 is 1.95 bits per heavy atom. The highest BCUT2D eigenvalue weighted by molar-refractivity contribution is 9.10. The summed E-state index contributed by atoms with van der Waals surface area (Å²) in [5, 5.41) is 0. The van der Waals surface area contributed by atoms with Gasteiger partial charge in [0.05, 0.1) is 19.0 Å². The second kappa shape index (κ2) is 6.25. The summed E-state index contributed by atoms with van der Waals surface area (Å²) in [7, 11) is -1.26. The van der Waals surface area contributed by atoms with Gasteiger partial charge >= 0.3 is 0 Å². The molecule has 0 fully saturated rings. The van der Waals surface area contributed by atoms with Gasteiger partial charge in [0.2, 0.25) is 5.91 Å². The molecule has 0 saturated carbocycles. The molecule has 0 heterocycles. The number of hydrogen-bond acceptors (Lipinski definition) is 5. The summed E-state index contributed by atoms with van der Waals surface area (Å²) in [5.41, 5.74) is 0. The van der Waals surface area contributed by atoms with Crippen LogP contribution in [0.5, 0.6) is 11.5 Å². The maximum Gasteiger partial charge on any atom is 0.267 e. The molecule has 1 atom stereocenters. The molecule has 106 valence electrons. The Bertz CT molecular complexity index is 570. The monoisotopic (exact) mass is 351 g/mol. The van der Waals surface area contributed by atoms with Gasteiger partial charge in [-0.05, 0) is 19.1 Å². The maximum atomic E-state index is 12.1. The van der Waals surface area contributed by atoms with E-state index in [2.05, 4.69) is 15.9 Å². The quantitative estimate of drug-likeness (QED) is 0.808. The van der Waals surface area contributed by atoms with E-state index in [4.69, 9.17) is 9.47 Å². The third-order valence-corrected chi connectivity index (χ3v) is 4.04. The highest BCUT2D eigenvalue weighted by Crippen LogP contribution is 2.28. The van der Waals surface area contributed by atoms with E-state index in [1.165, 1.54) is 33.3 Å². The molecule has 1 N–H and O–H groups in total. The molecule has 0 aliphatic rings. The van der Waals surface area contributed by atoms with Crippen LogP contribution in [-0.4, -0.2) is 33.4 Å². The minimum atomic E-state index is -4.01. The van der Waals surface area contributed by atoms with Crippen LogP contribution in [0.15, 0.2) is 23.1 Å². The van der Waals surface area contributed by atoms with Gasteiger partial charge in [-0.2, -0.15) is 0 Å². The van der Waals surface area contributed by atoms with E-state index in [0.717, 1.165) is 0 Å². The summed E-state index contributed by atoms with van der Waals surface area (Å²) in [4.78, 5) is 10.7. The van der Waals surface area contributed by atoms with Crippen LogP contribution in [0.4, 0.5) is 0 Å². The lowest BCUT2D eigenvalue weighted by atomic mass is 10.3. The minimum absolute atomic E-state index is 0.128. The Kier molecular flexibility index (Phi) is 5.19. The molecule has 0 saturated heterocycles. The third-order valence-electron chi connectivity index (χ3n) is 2.26. The molecule has 1 aromatic carbocycles. The standard InChI is InChI=1S/C11H14BrNO5S/c1-7(12)11(14)13-19(15,16)10-6-8(17-2)4-5-9(10)18-3/h4-7H,1-3H3,(H,13,14). The average Bonchev–Trinajstić information content (AvgIpc) is 2.37. The number of halogens is 1. The zero-order chi connectivity index (χ0) is 14.6. The molecule has 0 spiro atoms. The fraction of sp³-hybridized carbons (Fsp3) is 0.364. The Morgan fingerprint density at radius 3 is 2.42 bits per heavy atom. The Morgan fingerprint density at radius 1 is 1.32 bits per heavy atom. The normalized spacial score (nSPS) is 12.6. The van der Waals surface area contributed by atoms with E-state index >= 15 is 0 Å². The molecule has 8 heteroatoms. The molecule has 1 rings (SSSR count). The fourth-order valence-corrected chi connectivity index (χ4v) is 2.77. The first kappa shape index (κ1) is 15.8. The molecule has 1 aromatic rings. The molecular formula is C11H14BrNO5S. The number of sulfonamides is 1. The third kappa shape index (κ3) is 3.84. The molecular weight excluding hydrogens is 338 g/mol. The Balaban J connectivity index is 3.23. The SMILES string of the molecule is COc1ccc(OC)c(S(=O)(=O)NC(=O)C(C)Br)c1. The van der Waals surface area contributed by atoms with Crippen molar-refractivity contribution in [1.82, 2.24) is 4.72 Å². The Hall–Kier alpha value is -1.28. The summed E-state index contributed by atoms with van der Waals surface area (Å²) in [6.45, 7) is 1.52. The van der Waals surface area contributed by atoms with Crippen LogP contribution in [0.25, 0.3) is 0 Å². The lowest BCUT2D eigenvalue weighted by molar-refractivity contribution is -0.118. The first-order valence-electron chi connectivity index (χ1n) is 5.24. The van der Waals surface area contributed by atoms with Crippen LogP contribution < -0.4 is 14.2 Å². The van der Waals surface area contributed by atoms with E-state index in [9.17, 15) is 13.2 Å². The smallest absolute Gasteiger partial charge is 0.267 e. The topological polar surface area (TPSA) is 81.7 Å². The van der Waals surface area contributed by atoms with Gasteiger partial charge in [0.25, 0.3) is 10.0 Å². The van der Waals surface area contributed by atoms with E-state index in [-0.39, 0.29) is 10.6 Å². The zero-order valence-corrected chi connectivity index (χ0v) is 13.0. The van der Waals surface area contributed by atoms with Crippen LogP contribution in [0.2, 0.25) is 0 Å². The van der Waals surface area contributed by atoms with Crippen LogP contribution >= 0.6 is 15.9 Å². The van der Waals surface area contributed by atoms with Crippen molar-refractivity contribution in [2.45, 2.75) is 16.6 Å². The van der Waals surface area contributed by atoms with Crippen LogP contribution in [-0.2, 0) is 14.8 Å². The number of alkyl halides is 1. The molecule has 6 nitrogen and oxygen atoms in total. The van der Waals surface area contributed by atoms with Crippen LogP contribution in [0.3, 0.4) is 0 Å². The van der Waals surface area contributed by atoms with Gasteiger partial charge < -0.3 is 9.47 Å². The van der Waals surface area contributed by atoms with Crippen LogP contribution in [0.1, 0.15) is 6.92 Å². The number of hydrogen-bond donors (Lipinski definition) is 1. The first-order chi connectivity index (χ1) is 8.81. The summed E-state index contributed by atoms with van der Waals surface area (Å²) in [6, 6.07) is 4.30. The van der Waals surface area contributed by atoms with Gasteiger partial charge in [0, 0.05) is 6.07 Å². The van der Waals surface area contributed by atoms with Gasteiger partial charge in [-0.3, -0.25) is 4.79 Å². The number of ether oxygens (including phenoxy) is 2. The largest absolute Gasteiger partial charge is 0.497 e. The van der Waals surface area contributed by atoms with Crippen molar-refractivity contribution in [1.29, 1.82) is 0 Å². The number of carbonyl (C=O) groups is 1. The second-order valence-electron chi connectivity index (χ2n) is 3.60. The van der Waals surface area contributed by atoms with Gasteiger partial charge in [-0.15, -0.1) is 0 Å². The lowest BCUT2D eigenvalue weighted by Gasteiger charge is -2.12. The molecule has 0 bridgehead atoms. The molecule has 19 heavy (non-hydrogen) atoms. The second-order valence-corrected chi connectivity index (χ2v) is 6.63. The van der Waals surface area contributed by atoms with Crippen molar-refractivity contribution < 1.29 is 22.7 Å². The minimum Gasteiger partial charge on any atom is -0.497 e. The first-order valence-corrected chi connectivity index (χ1v) is 7.64. The van der Waals surface area contributed by atoms with Crippen molar-refractivity contribution in [2.24, 2.45) is 0 Å². The van der Waals surface area contributed by atoms with Crippen molar-refractivity contribution in [3.63, 3.8) is 0 Å².